The number of hydrogen-bond donors (Lipinski definition) is 0. The van der Waals surface area contributed by atoms with Crippen molar-refractivity contribution >= 4 is 5.97 Å². The smallest absolute Gasteiger partial charge is 0.310 e. The maximum Gasteiger partial charge on any atom is 0.310 e. The molecule has 4 aliphatic rings. The second kappa shape index (κ2) is 7.84. The van der Waals surface area contributed by atoms with Crippen LogP contribution < -0.4 is 9.47 Å². The van der Waals surface area contributed by atoms with Crippen molar-refractivity contribution in [1.29, 1.82) is 0 Å². The number of benzene rings is 1. The maximum absolute atomic E-state index is 12.9. The van der Waals surface area contributed by atoms with Gasteiger partial charge < -0.3 is 14.2 Å². The molecule has 2 unspecified atom stereocenters. The summed E-state index contributed by atoms with van der Waals surface area (Å²) in [5.74, 6) is 2.41. The van der Waals surface area contributed by atoms with E-state index in [2.05, 4.69) is 30.5 Å². The Balaban J connectivity index is 1.32. The molecule has 3 fully saturated rings. The monoisotopic (exact) mass is 425 g/mol. The largest absolute Gasteiger partial charge is 0.493 e. The third-order valence-electron chi connectivity index (χ3n) is 8.57. The lowest BCUT2D eigenvalue weighted by Crippen LogP contribution is -2.46. The fourth-order valence-corrected chi connectivity index (χ4v) is 6.84. The number of ether oxygens (including phenoxy) is 3. The van der Waals surface area contributed by atoms with Crippen molar-refractivity contribution in [2.45, 2.75) is 58.1 Å². The molecule has 5 nitrogen and oxygen atoms in total. The normalized spacial score (nSPS) is 35.1. The summed E-state index contributed by atoms with van der Waals surface area (Å²) in [4.78, 5) is 15.4. The lowest BCUT2D eigenvalue weighted by molar-refractivity contribution is -0.146. The Bertz CT molecular complexity index is 896. The highest BCUT2D eigenvalue weighted by atomic mass is 16.6. The summed E-state index contributed by atoms with van der Waals surface area (Å²) in [5, 5.41) is 0. The zero-order valence-corrected chi connectivity index (χ0v) is 19.1. The minimum absolute atomic E-state index is 0.0148. The standard InChI is InChI=1S/C26H35NO4/c1-16-6-5-8-26(2)13-24-19(12-21(16)26)20(25(28)31-24)15-27-9-7-17-10-22(29-3)23(30-4)11-18(17)14-27/h10-11,19-21,24H,1,5-9,12-15H2,2-4H3/t19-,20?,21?,24-,26-/m1/s1. The lowest BCUT2D eigenvalue weighted by atomic mass is 9.55. The number of carbonyl (C=O) groups excluding carboxylic acids is 1. The molecule has 2 aliphatic heterocycles. The van der Waals surface area contributed by atoms with E-state index in [0.717, 1.165) is 56.8 Å². The van der Waals surface area contributed by atoms with Crippen LogP contribution in [0.1, 0.15) is 50.2 Å². The predicted octanol–water partition coefficient (Wildman–Crippen LogP) is 4.38. The van der Waals surface area contributed by atoms with Crippen molar-refractivity contribution in [1.82, 2.24) is 4.90 Å². The number of esters is 1. The fourth-order valence-electron chi connectivity index (χ4n) is 6.84. The van der Waals surface area contributed by atoms with Gasteiger partial charge in [0.1, 0.15) is 6.10 Å². The fraction of sp³-hybridized carbons (Fsp3) is 0.654. The third-order valence-corrected chi connectivity index (χ3v) is 8.57. The highest BCUT2D eigenvalue weighted by Crippen LogP contribution is 2.57. The first-order valence-electron chi connectivity index (χ1n) is 11.8. The number of carbonyl (C=O) groups is 1. The molecule has 5 heteroatoms. The highest BCUT2D eigenvalue weighted by molar-refractivity contribution is 5.75. The van der Waals surface area contributed by atoms with Gasteiger partial charge in [-0.1, -0.05) is 19.1 Å². The number of hydrogen-bond acceptors (Lipinski definition) is 5. The van der Waals surface area contributed by atoms with E-state index in [-0.39, 0.29) is 23.4 Å². The van der Waals surface area contributed by atoms with E-state index in [9.17, 15) is 4.79 Å². The first kappa shape index (κ1) is 20.9. The zero-order valence-electron chi connectivity index (χ0n) is 19.1. The molecule has 1 saturated heterocycles. The Morgan fingerprint density at radius 2 is 1.94 bits per heavy atom. The number of fused-ring (bicyclic) bond motifs is 3. The topological polar surface area (TPSA) is 48.0 Å². The molecule has 0 bridgehead atoms. The van der Waals surface area contributed by atoms with Crippen molar-refractivity contribution in [3.8, 4) is 11.5 Å². The third kappa shape index (κ3) is 3.55. The van der Waals surface area contributed by atoms with Gasteiger partial charge in [0.25, 0.3) is 0 Å². The molecule has 0 spiro atoms. The summed E-state index contributed by atoms with van der Waals surface area (Å²) >= 11 is 0. The molecule has 5 rings (SSSR count). The Morgan fingerprint density at radius 3 is 2.68 bits per heavy atom. The predicted molar refractivity (Wildman–Crippen MR) is 119 cm³/mol. The van der Waals surface area contributed by atoms with Crippen LogP contribution in [-0.2, 0) is 22.5 Å². The number of nitrogens with zero attached hydrogens (tertiary/aromatic N) is 1. The lowest BCUT2D eigenvalue weighted by Gasteiger charge is -2.50. The van der Waals surface area contributed by atoms with Gasteiger partial charge in [-0.25, -0.2) is 0 Å². The Hall–Kier alpha value is -2.01. The number of methoxy groups -OCH3 is 2. The van der Waals surface area contributed by atoms with Crippen LogP contribution in [0.3, 0.4) is 0 Å². The van der Waals surface area contributed by atoms with E-state index < -0.39 is 0 Å². The van der Waals surface area contributed by atoms with Crippen LogP contribution in [0.2, 0.25) is 0 Å². The van der Waals surface area contributed by atoms with Gasteiger partial charge in [0.15, 0.2) is 11.5 Å². The quantitative estimate of drug-likeness (QED) is 0.529. The van der Waals surface area contributed by atoms with Crippen LogP contribution in [0.4, 0.5) is 0 Å². The van der Waals surface area contributed by atoms with Crippen LogP contribution in [0.15, 0.2) is 24.3 Å². The van der Waals surface area contributed by atoms with Gasteiger partial charge in [-0.3, -0.25) is 9.69 Å². The van der Waals surface area contributed by atoms with Gasteiger partial charge >= 0.3 is 5.97 Å². The van der Waals surface area contributed by atoms with E-state index in [1.165, 1.54) is 29.5 Å². The van der Waals surface area contributed by atoms with Crippen molar-refractivity contribution in [2.24, 2.45) is 23.2 Å². The molecule has 2 heterocycles. The van der Waals surface area contributed by atoms with Crippen LogP contribution in [-0.4, -0.2) is 44.3 Å². The summed E-state index contributed by atoms with van der Waals surface area (Å²) in [5.41, 5.74) is 4.24. The van der Waals surface area contributed by atoms with Crippen molar-refractivity contribution < 1.29 is 19.0 Å². The molecule has 1 aromatic carbocycles. The first-order chi connectivity index (χ1) is 14.9. The second-order valence-electron chi connectivity index (χ2n) is 10.4. The summed E-state index contributed by atoms with van der Waals surface area (Å²) < 4.78 is 16.9. The Morgan fingerprint density at radius 1 is 1.19 bits per heavy atom. The van der Waals surface area contributed by atoms with Gasteiger partial charge in [0.2, 0.25) is 0 Å². The molecular formula is C26H35NO4. The Kier molecular flexibility index (Phi) is 5.28. The molecule has 5 atom stereocenters. The van der Waals surface area contributed by atoms with E-state index in [4.69, 9.17) is 14.2 Å². The van der Waals surface area contributed by atoms with Crippen LogP contribution in [0.5, 0.6) is 11.5 Å². The van der Waals surface area contributed by atoms with Crippen LogP contribution in [0, 0.1) is 23.2 Å². The summed E-state index contributed by atoms with van der Waals surface area (Å²) in [6, 6.07) is 4.19. The SMILES string of the molecule is C=C1CCC[C@]2(C)C[C@H]3OC(=O)C(CN4CCc5cc(OC)c(OC)cc5C4)[C@H]3CC12. The summed E-state index contributed by atoms with van der Waals surface area (Å²) in [7, 11) is 3.35. The number of allylic oxidation sites excluding steroid dienone is 1. The summed E-state index contributed by atoms with van der Waals surface area (Å²) in [6.45, 7) is 9.38. The van der Waals surface area contributed by atoms with E-state index in [1.54, 1.807) is 14.2 Å². The minimum atomic E-state index is -0.0222. The number of rotatable bonds is 4. The van der Waals surface area contributed by atoms with Gasteiger partial charge in [0, 0.05) is 25.6 Å². The van der Waals surface area contributed by atoms with E-state index in [0.29, 0.717) is 11.8 Å². The van der Waals surface area contributed by atoms with Crippen LogP contribution >= 0.6 is 0 Å². The van der Waals surface area contributed by atoms with Gasteiger partial charge in [-0.05, 0) is 73.1 Å². The minimum Gasteiger partial charge on any atom is -0.493 e. The first-order valence-corrected chi connectivity index (χ1v) is 11.8. The molecule has 2 aliphatic carbocycles. The molecule has 168 valence electrons. The summed E-state index contributed by atoms with van der Waals surface area (Å²) in [6.07, 6.45) is 6.72. The Labute approximate surface area is 185 Å². The van der Waals surface area contributed by atoms with Gasteiger partial charge in [-0.15, -0.1) is 0 Å². The molecule has 31 heavy (non-hydrogen) atoms. The molecule has 0 radical (unpaired) electrons. The van der Waals surface area contributed by atoms with E-state index in [1.807, 2.05) is 0 Å². The average Bonchev–Trinajstić information content (AvgIpc) is 3.04. The molecule has 0 amide bonds. The maximum atomic E-state index is 12.9. The van der Waals surface area contributed by atoms with E-state index >= 15 is 0 Å². The zero-order chi connectivity index (χ0) is 21.8. The highest BCUT2D eigenvalue weighted by Gasteiger charge is 2.55. The van der Waals surface area contributed by atoms with Gasteiger partial charge in [0.05, 0.1) is 20.1 Å². The van der Waals surface area contributed by atoms with Crippen molar-refractivity contribution in [2.75, 3.05) is 27.3 Å². The van der Waals surface area contributed by atoms with Crippen molar-refractivity contribution in [3.63, 3.8) is 0 Å². The van der Waals surface area contributed by atoms with Gasteiger partial charge in [-0.2, -0.15) is 0 Å². The molecule has 1 aromatic rings. The molecule has 2 saturated carbocycles. The molecule has 0 N–H and O–H groups in total. The second-order valence-corrected chi connectivity index (χ2v) is 10.4. The average molecular weight is 426 g/mol. The van der Waals surface area contributed by atoms with Crippen molar-refractivity contribution in [3.05, 3.63) is 35.4 Å². The molecular weight excluding hydrogens is 390 g/mol. The van der Waals surface area contributed by atoms with Crippen LogP contribution in [0.25, 0.3) is 0 Å². The molecule has 0 aromatic heterocycles.